The van der Waals surface area contributed by atoms with Crippen LogP contribution in [-0.4, -0.2) is 18.1 Å². The van der Waals surface area contributed by atoms with Crippen molar-refractivity contribution in [3.63, 3.8) is 0 Å². The van der Waals surface area contributed by atoms with E-state index in [0.29, 0.717) is 12.8 Å². The van der Waals surface area contributed by atoms with Crippen molar-refractivity contribution in [1.29, 1.82) is 0 Å². The third-order valence-electron chi connectivity index (χ3n) is 2.40. The Hall–Kier alpha value is -0.860. The van der Waals surface area contributed by atoms with Crippen LogP contribution in [0, 0.1) is 0 Å². The number of nitrogens with one attached hydrogen (secondary N) is 1. The summed E-state index contributed by atoms with van der Waals surface area (Å²) in [6.45, 7) is 1.93. The van der Waals surface area contributed by atoms with Gasteiger partial charge >= 0.3 is 0 Å². The van der Waals surface area contributed by atoms with Gasteiger partial charge in [-0.3, -0.25) is 4.79 Å². The first kappa shape index (κ1) is 10.2. The van der Waals surface area contributed by atoms with Gasteiger partial charge in [-0.2, -0.15) is 0 Å². The second-order valence-corrected chi connectivity index (χ2v) is 3.58. The average Bonchev–Trinajstić information content (AvgIpc) is 2.51. The highest BCUT2D eigenvalue weighted by molar-refractivity contribution is 5.87. The molecule has 1 rings (SSSR count). The molecule has 0 spiro atoms. The second-order valence-electron chi connectivity index (χ2n) is 3.58. The fourth-order valence-electron chi connectivity index (χ4n) is 1.64. The number of allylic oxidation sites excluding steroid dienone is 1. The molecule has 0 unspecified atom stereocenters. The van der Waals surface area contributed by atoms with E-state index in [1.54, 1.807) is 13.0 Å². The third kappa shape index (κ3) is 3.17. The summed E-state index contributed by atoms with van der Waals surface area (Å²) in [6.07, 6.45) is 6.12. The zero-order valence-electron chi connectivity index (χ0n) is 7.98. The molecule has 74 valence electrons. The Kier molecular flexibility index (Phi) is 3.46. The molecule has 0 aromatic heterocycles. The Labute approximate surface area is 78.2 Å². The molecule has 0 aliphatic heterocycles. The molecule has 1 N–H and O–H groups in total. The van der Waals surface area contributed by atoms with Gasteiger partial charge < -0.3 is 5.32 Å². The Morgan fingerprint density at radius 2 is 2.15 bits per heavy atom. The molecule has 1 amide bonds. The van der Waals surface area contributed by atoms with E-state index in [4.69, 9.17) is 0 Å². The number of alkyl halides is 1. The number of hydrogen-bond donors (Lipinski definition) is 1. The van der Waals surface area contributed by atoms with E-state index in [9.17, 15) is 9.18 Å². The van der Waals surface area contributed by atoms with Crippen LogP contribution in [0.3, 0.4) is 0 Å². The zero-order chi connectivity index (χ0) is 9.73. The van der Waals surface area contributed by atoms with Crippen molar-refractivity contribution in [3.8, 4) is 0 Å². The lowest BCUT2D eigenvalue weighted by Crippen LogP contribution is -2.36. The van der Waals surface area contributed by atoms with Gasteiger partial charge in [0.15, 0.2) is 0 Å². The van der Waals surface area contributed by atoms with E-state index in [2.05, 4.69) is 5.32 Å². The number of rotatable bonds is 3. The molecule has 3 heteroatoms. The molecule has 0 saturated heterocycles. The van der Waals surface area contributed by atoms with Crippen molar-refractivity contribution >= 4 is 5.91 Å². The normalized spacial score (nSPS) is 20.8. The van der Waals surface area contributed by atoms with Crippen molar-refractivity contribution < 1.29 is 9.18 Å². The van der Waals surface area contributed by atoms with Crippen LogP contribution in [0.5, 0.6) is 0 Å². The lowest BCUT2D eigenvalue weighted by Gasteiger charge is -2.18. The Morgan fingerprint density at radius 3 is 2.69 bits per heavy atom. The molecule has 1 fully saturated rings. The van der Waals surface area contributed by atoms with Crippen LogP contribution in [0.15, 0.2) is 12.2 Å². The van der Waals surface area contributed by atoms with Crippen molar-refractivity contribution in [3.05, 3.63) is 12.2 Å². The van der Waals surface area contributed by atoms with Gasteiger partial charge in [-0.15, -0.1) is 0 Å². The molecule has 2 nitrogen and oxygen atoms in total. The van der Waals surface area contributed by atoms with Gasteiger partial charge in [0.05, 0.1) is 6.54 Å². The summed E-state index contributed by atoms with van der Waals surface area (Å²) in [6, 6.07) is 0. The summed E-state index contributed by atoms with van der Waals surface area (Å²) in [5.41, 5.74) is -1.14. The Bertz CT molecular complexity index is 207. The second kappa shape index (κ2) is 4.40. The Balaban J connectivity index is 2.28. The molecular weight excluding hydrogens is 169 g/mol. The number of amides is 1. The number of halogens is 1. The van der Waals surface area contributed by atoms with E-state index < -0.39 is 5.67 Å². The summed E-state index contributed by atoms with van der Waals surface area (Å²) < 4.78 is 13.7. The first-order valence-corrected chi connectivity index (χ1v) is 4.76. The summed E-state index contributed by atoms with van der Waals surface area (Å²) >= 11 is 0. The molecule has 0 aromatic rings. The van der Waals surface area contributed by atoms with Crippen LogP contribution in [0.2, 0.25) is 0 Å². The van der Waals surface area contributed by atoms with E-state index in [1.165, 1.54) is 6.08 Å². The van der Waals surface area contributed by atoms with Gasteiger partial charge in [-0.05, 0) is 25.8 Å². The van der Waals surface area contributed by atoms with Crippen LogP contribution in [0.25, 0.3) is 0 Å². The first-order valence-electron chi connectivity index (χ1n) is 4.76. The number of carbonyl (C=O) groups is 1. The minimum atomic E-state index is -1.14. The molecule has 13 heavy (non-hydrogen) atoms. The minimum absolute atomic E-state index is 0.163. The smallest absolute Gasteiger partial charge is 0.243 e. The lowest BCUT2D eigenvalue weighted by molar-refractivity contribution is -0.117. The van der Waals surface area contributed by atoms with Crippen molar-refractivity contribution in [2.45, 2.75) is 38.3 Å². The van der Waals surface area contributed by atoms with Gasteiger partial charge in [0.25, 0.3) is 0 Å². The van der Waals surface area contributed by atoms with Gasteiger partial charge in [-0.1, -0.05) is 18.9 Å². The summed E-state index contributed by atoms with van der Waals surface area (Å²) in [5.74, 6) is -0.202. The predicted molar refractivity (Wildman–Crippen MR) is 50.1 cm³/mol. The standard InChI is InChI=1S/C10H16FNO/c1-2-5-9(13)12-8-10(11)6-3-4-7-10/h2,5H,3-4,6-8H2,1H3,(H,12,13)/b5-2+. The molecule has 0 atom stereocenters. The van der Waals surface area contributed by atoms with E-state index in [0.717, 1.165) is 12.8 Å². The van der Waals surface area contributed by atoms with Crippen LogP contribution in [0.1, 0.15) is 32.6 Å². The molecule has 0 radical (unpaired) electrons. The molecule has 1 aliphatic rings. The molecular formula is C10H16FNO. The third-order valence-corrected chi connectivity index (χ3v) is 2.40. The molecule has 1 saturated carbocycles. The first-order chi connectivity index (χ1) is 6.16. The summed E-state index contributed by atoms with van der Waals surface area (Å²) in [7, 11) is 0. The number of hydrogen-bond acceptors (Lipinski definition) is 1. The fourth-order valence-corrected chi connectivity index (χ4v) is 1.64. The van der Waals surface area contributed by atoms with E-state index >= 15 is 0 Å². The molecule has 0 heterocycles. The van der Waals surface area contributed by atoms with Crippen molar-refractivity contribution in [1.82, 2.24) is 5.32 Å². The van der Waals surface area contributed by atoms with Gasteiger partial charge in [0.2, 0.25) is 5.91 Å². The molecule has 1 aliphatic carbocycles. The van der Waals surface area contributed by atoms with Crippen molar-refractivity contribution in [2.24, 2.45) is 0 Å². The molecule has 0 bridgehead atoms. The van der Waals surface area contributed by atoms with E-state index in [1.807, 2.05) is 0 Å². The lowest BCUT2D eigenvalue weighted by atomic mass is 10.1. The van der Waals surface area contributed by atoms with Crippen molar-refractivity contribution in [2.75, 3.05) is 6.54 Å². The zero-order valence-corrected chi connectivity index (χ0v) is 7.98. The summed E-state index contributed by atoms with van der Waals surface area (Å²) in [5, 5.41) is 2.57. The topological polar surface area (TPSA) is 29.1 Å². The SMILES string of the molecule is C/C=C/C(=O)NCC1(F)CCCC1. The van der Waals surface area contributed by atoms with Crippen LogP contribution >= 0.6 is 0 Å². The number of carbonyl (C=O) groups excluding carboxylic acids is 1. The van der Waals surface area contributed by atoms with Crippen LogP contribution in [-0.2, 0) is 4.79 Å². The Morgan fingerprint density at radius 1 is 1.54 bits per heavy atom. The minimum Gasteiger partial charge on any atom is -0.349 e. The van der Waals surface area contributed by atoms with Gasteiger partial charge in [0.1, 0.15) is 5.67 Å². The van der Waals surface area contributed by atoms with Crippen LogP contribution < -0.4 is 5.32 Å². The maximum atomic E-state index is 13.7. The monoisotopic (exact) mass is 185 g/mol. The fraction of sp³-hybridized carbons (Fsp3) is 0.700. The highest BCUT2D eigenvalue weighted by Gasteiger charge is 2.33. The maximum absolute atomic E-state index is 13.7. The highest BCUT2D eigenvalue weighted by Crippen LogP contribution is 2.32. The average molecular weight is 185 g/mol. The quantitative estimate of drug-likeness (QED) is 0.669. The molecule has 0 aromatic carbocycles. The largest absolute Gasteiger partial charge is 0.349 e. The predicted octanol–water partition coefficient (Wildman–Crippen LogP) is 1.96. The maximum Gasteiger partial charge on any atom is 0.243 e. The van der Waals surface area contributed by atoms with Gasteiger partial charge in [0, 0.05) is 0 Å². The van der Waals surface area contributed by atoms with Crippen LogP contribution in [0.4, 0.5) is 4.39 Å². The highest BCUT2D eigenvalue weighted by atomic mass is 19.1. The van der Waals surface area contributed by atoms with E-state index in [-0.39, 0.29) is 12.5 Å². The van der Waals surface area contributed by atoms with Gasteiger partial charge in [-0.25, -0.2) is 4.39 Å². The summed E-state index contributed by atoms with van der Waals surface area (Å²) in [4.78, 5) is 11.0.